The SMILES string of the molecule is CCNS(=O)(=O)c1ccccc1NCC1CCCC1O. The van der Waals surface area contributed by atoms with E-state index in [1.165, 1.54) is 0 Å². The lowest BCUT2D eigenvalue weighted by Crippen LogP contribution is -2.26. The third kappa shape index (κ3) is 3.50. The molecule has 2 atom stereocenters. The maximum Gasteiger partial charge on any atom is 0.242 e. The summed E-state index contributed by atoms with van der Waals surface area (Å²) >= 11 is 0. The van der Waals surface area contributed by atoms with Gasteiger partial charge in [0.15, 0.2) is 0 Å². The van der Waals surface area contributed by atoms with Crippen molar-refractivity contribution in [1.29, 1.82) is 0 Å². The standard InChI is InChI=1S/C14H22N2O3S/c1-2-16-20(18,19)14-9-4-3-7-12(14)15-10-11-6-5-8-13(11)17/h3-4,7,9,11,13,15-17H,2,5-6,8,10H2,1H3. The number of aliphatic hydroxyl groups is 1. The summed E-state index contributed by atoms with van der Waals surface area (Å²) in [4.78, 5) is 0.259. The smallest absolute Gasteiger partial charge is 0.242 e. The van der Waals surface area contributed by atoms with Crippen molar-refractivity contribution >= 4 is 15.7 Å². The number of nitrogens with one attached hydrogen (secondary N) is 2. The van der Waals surface area contributed by atoms with E-state index in [9.17, 15) is 13.5 Å². The molecule has 5 nitrogen and oxygen atoms in total. The number of rotatable bonds is 6. The minimum absolute atomic E-state index is 0.199. The largest absolute Gasteiger partial charge is 0.393 e. The van der Waals surface area contributed by atoms with Gasteiger partial charge >= 0.3 is 0 Å². The highest BCUT2D eigenvalue weighted by Crippen LogP contribution is 2.27. The Hall–Kier alpha value is -1.11. The molecule has 0 spiro atoms. The number of aliphatic hydroxyl groups excluding tert-OH is 1. The van der Waals surface area contributed by atoms with Crippen LogP contribution in [0.1, 0.15) is 26.2 Å². The van der Waals surface area contributed by atoms with Crippen LogP contribution in [0.4, 0.5) is 5.69 Å². The first-order valence-electron chi connectivity index (χ1n) is 7.05. The van der Waals surface area contributed by atoms with Gasteiger partial charge in [-0.2, -0.15) is 0 Å². The molecule has 1 aromatic rings. The summed E-state index contributed by atoms with van der Waals surface area (Å²) in [6, 6.07) is 6.86. The molecule has 0 aromatic heterocycles. The van der Waals surface area contributed by atoms with Crippen molar-refractivity contribution < 1.29 is 13.5 Å². The zero-order chi connectivity index (χ0) is 14.6. The van der Waals surface area contributed by atoms with Gasteiger partial charge in [-0.15, -0.1) is 0 Å². The van der Waals surface area contributed by atoms with E-state index in [-0.39, 0.29) is 16.9 Å². The van der Waals surface area contributed by atoms with E-state index in [2.05, 4.69) is 10.0 Å². The molecule has 0 bridgehead atoms. The first kappa shape index (κ1) is 15.3. The molecule has 0 radical (unpaired) electrons. The molecule has 1 fully saturated rings. The summed E-state index contributed by atoms with van der Waals surface area (Å²) in [5.74, 6) is 0.199. The highest BCUT2D eigenvalue weighted by atomic mass is 32.2. The van der Waals surface area contributed by atoms with Gasteiger partial charge in [0, 0.05) is 19.0 Å². The Kier molecular flexibility index (Phi) is 5.01. The van der Waals surface area contributed by atoms with Crippen LogP contribution in [0, 0.1) is 5.92 Å². The summed E-state index contributed by atoms with van der Waals surface area (Å²) in [6.45, 7) is 2.71. The van der Waals surface area contributed by atoms with E-state index in [0.29, 0.717) is 18.8 Å². The van der Waals surface area contributed by atoms with Gasteiger partial charge in [0.2, 0.25) is 10.0 Å². The lowest BCUT2D eigenvalue weighted by molar-refractivity contribution is 0.138. The third-order valence-corrected chi connectivity index (χ3v) is 5.29. The van der Waals surface area contributed by atoms with Gasteiger partial charge in [0.25, 0.3) is 0 Å². The Balaban J connectivity index is 2.12. The fraction of sp³-hybridized carbons (Fsp3) is 0.571. The molecule has 3 N–H and O–H groups in total. The third-order valence-electron chi connectivity index (χ3n) is 3.68. The Morgan fingerprint density at radius 2 is 2.05 bits per heavy atom. The molecule has 20 heavy (non-hydrogen) atoms. The monoisotopic (exact) mass is 298 g/mol. The molecule has 0 heterocycles. The Labute approximate surface area is 120 Å². The number of sulfonamides is 1. The molecule has 112 valence electrons. The Bertz CT molecular complexity index is 545. The van der Waals surface area contributed by atoms with E-state index >= 15 is 0 Å². The van der Waals surface area contributed by atoms with Gasteiger partial charge < -0.3 is 10.4 Å². The Morgan fingerprint density at radius 1 is 1.30 bits per heavy atom. The number of hydrogen-bond donors (Lipinski definition) is 3. The van der Waals surface area contributed by atoms with Crippen molar-refractivity contribution in [3.8, 4) is 0 Å². The van der Waals surface area contributed by atoms with E-state index in [0.717, 1.165) is 19.3 Å². The van der Waals surface area contributed by atoms with Crippen LogP contribution in [0.15, 0.2) is 29.2 Å². The number of hydrogen-bond acceptors (Lipinski definition) is 4. The zero-order valence-electron chi connectivity index (χ0n) is 11.7. The van der Waals surface area contributed by atoms with Crippen LogP contribution >= 0.6 is 0 Å². The van der Waals surface area contributed by atoms with Crippen molar-refractivity contribution in [2.45, 2.75) is 37.2 Å². The summed E-state index contributed by atoms with van der Waals surface area (Å²) in [5, 5.41) is 13.0. The molecule has 1 aliphatic rings. The Morgan fingerprint density at radius 3 is 2.70 bits per heavy atom. The van der Waals surface area contributed by atoms with Gasteiger partial charge in [-0.05, 0) is 25.0 Å². The molecule has 6 heteroatoms. The topological polar surface area (TPSA) is 78.4 Å². The van der Waals surface area contributed by atoms with Crippen LogP contribution < -0.4 is 10.0 Å². The minimum Gasteiger partial charge on any atom is -0.393 e. The average molecular weight is 298 g/mol. The average Bonchev–Trinajstić information content (AvgIpc) is 2.82. The normalized spacial score (nSPS) is 22.9. The van der Waals surface area contributed by atoms with Crippen LogP contribution in [0.3, 0.4) is 0 Å². The maximum absolute atomic E-state index is 12.1. The van der Waals surface area contributed by atoms with E-state index in [1.807, 2.05) is 0 Å². The number of anilines is 1. The summed E-state index contributed by atoms with van der Waals surface area (Å²) in [5.41, 5.74) is 0.590. The van der Waals surface area contributed by atoms with Crippen LogP contribution in [0.2, 0.25) is 0 Å². The molecular weight excluding hydrogens is 276 g/mol. The highest BCUT2D eigenvalue weighted by Gasteiger charge is 2.25. The van der Waals surface area contributed by atoms with Crippen molar-refractivity contribution in [2.24, 2.45) is 5.92 Å². The second-order valence-corrected chi connectivity index (χ2v) is 6.87. The predicted molar refractivity (Wildman–Crippen MR) is 79.1 cm³/mol. The molecular formula is C14H22N2O3S. The van der Waals surface area contributed by atoms with Gasteiger partial charge in [0.1, 0.15) is 4.90 Å². The van der Waals surface area contributed by atoms with E-state index in [1.54, 1.807) is 31.2 Å². The lowest BCUT2D eigenvalue weighted by Gasteiger charge is -2.18. The van der Waals surface area contributed by atoms with Gasteiger partial charge in [-0.3, -0.25) is 0 Å². The second kappa shape index (κ2) is 6.56. The molecule has 2 rings (SSSR count). The molecule has 0 amide bonds. The molecule has 0 saturated heterocycles. The van der Waals surface area contributed by atoms with Crippen LogP contribution in [0.5, 0.6) is 0 Å². The first-order valence-corrected chi connectivity index (χ1v) is 8.53. The fourth-order valence-electron chi connectivity index (χ4n) is 2.61. The molecule has 1 saturated carbocycles. The molecule has 1 aromatic carbocycles. The molecule has 1 aliphatic carbocycles. The van der Waals surface area contributed by atoms with Gasteiger partial charge in [-0.25, -0.2) is 13.1 Å². The van der Waals surface area contributed by atoms with Gasteiger partial charge in [-0.1, -0.05) is 25.5 Å². The fourth-order valence-corrected chi connectivity index (χ4v) is 3.83. The lowest BCUT2D eigenvalue weighted by atomic mass is 10.1. The van der Waals surface area contributed by atoms with Crippen molar-refractivity contribution in [3.05, 3.63) is 24.3 Å². The molecule has 2 unspecified atom stereocenters. The van der Waals surface area contributed by atoms with Crippen molar-refractivity contribution in [3.63, 3.8) is 0 Å². The quantitative estimate of drug-likeness (QED) is 0.745. The second-order valence-electron chi connectivity index (χ2n) is 5.14. The summed E-state index contributed by atoms with van der Waals surface area (Å²) < 4.78 is 26.7. The van der Waals surface area contributed by atoms with Crippen LogP contribution in [-0.4, -0.2) is 32.7 Å². The zero-order valence-corrected chi connectivity index (χ0v) is 12.5. The summed E-state index contributed by atoms with van der Waals surface area (Å²) in [6.07, 6.45) is 2.57. The number of benzene rings is 1. The van der Waals surface area contributed by atoms with Crippen molar-refractivity contribution in [2.75, 3.05) is 18.4 Å². The van der Waals surface area contributed by atoms with E-state index < -0.39 is 10.0 Å². The maximum atomic E-state index is 12.1. The van der Waals surface area contributed by atoms with Crippen LogP contribution in [-0.2, 0) is 10.0 Å². The summed E-state index contributed by atoms with van der Waals surface area (Å²) in [7, 11) is -3.48. The van der Waals surface area contributed by atoms with E-state index in [4.69, 9.17) is 0 Å². The number of para-hydroxylation sites is 1. The van der Waals surface area contributed by atoms with Crippen molar-refractivity contribution in [1.82, 2.24) is 4.72 Å². The van der Waals surface area contributed by atoms with Crippen LogP contribution in [0.25, 0.3) is 0 Å². The minimum atomic E-state index is -3.48. The van der Waals surface area contributed by atoms with Gasteiger partial charge in [0.05, 0.1) is 11.8 Å². The first-order chi connectivity index (χ1) is 9.54. The molecule has 0 aliphatic heterocycles. The predicted octanol–water partition coefficient (Wildman–Crippen LogP) is 1.56. The highest BCUT2D eigenvalue weighted by molar-refractivity contribution is 7.89.